The van der Waals surface area contributed by atoms with Crippen molar-refractivity contribution in [1.29, 1.82) is 0 Å². The zero-order valence-electron chi connectivity index (χ0n) is 17.0. The molecule has 142 valence electrons. The summed E-state index contributed by atoms with van der Waals surface area (Å²) < 4.78 is 0. The Hall–Kier alpha value is -1.11. The van der Waals surface area contributed by atoms with Crippen LogP contribution in [0.2, 0.25) is 0 Å². The summed E-state index contributed by atoms with van der Waals surface area (Å²) in [6, 6.07) is 8.35. The van der Waals surface area contributed by atoms with Crippen LogP contribution in [0.25, 0.3) is 0 Å². The number of benzene rings is 1. The first-order valence-electron chi connectivity index (χ1n) is 10.8. The maximum Gasteiger partial charge on any atom is 0.159 e. The topological polar surface area (TPSA) is 17.1 Å². The van der Waals surface area contributed by atoms with Crippen LogP contribution in [0.3, 0.4) is 0 Å². The molecule has 1 atom stereocenters. The van der Waals surface area contributed by atoms with E-state index in [0.29, 0.717) is 5.92 Å². The Morgan fingerprint density at radius 1 is 0.720 bits per heavy atom. The van der Waals surface area contributed by atoms with Crippen molar-refractivity contribution in [2.45, 2.75) is 110 Å². The van der Waals surface area contributed by atoms with Crippen molar-refractivity contribution in [1.82, 2.24) is 0 Å². The molecule has 0 aliphatic carbocycles. The molecule has 1 aromatic carbocycles. The number of carbonyl (C=O) groups excluding carboxylic acids is 1. The van der Waals surface area contributed by atoms with Gasteiger partial charge in [0.2, 0.25) is 0 Å². The second kappa shape index (κ2) is 14.1. The number of carbonyl (C=O) groups is 1. The molecule has 0 fully saturated rings. The first-order chi connectivity index (χ1) is 12.2. The van der Waals surface area contributed by atoms with Gasteiger partial charge in [-0.05, 0) is 31.2 Å². The lowest BCUT2D eigenvalue weighted by atomic mass is 9.88. The Kier molecular flexibility index (Phi) is 12.4. The van der Waals surface area contributed by atoms with Crippen molar-refractivity contribution < 1.29 is 4.79 Å². The molecule has 25 heavy (non-hydrogen) atoms. The van der Waals surface area contributed by atoms with Crippen LogP contribution >= 0.6 is 0 Å². The number of Topliss-reactive ketones (excluding diaryl/α,β-unsaturated/α-hetero) is 1. The number of hydrogen-bond acceptors (Lipinski definition) is 1. The van der Waals surface area contributed by atoms with Crippen molar-refractivity contribution in [2.24, 2.45) is 0 Å². The molecular weight excluding hydrogens is 304 g/mol. The number of unbranched alkanes of at least 4 members (excludes halogenated alkanes) is 9. The van der Waals surface area contributed by atoms with Crippen LogP contribution in [0.4, 0.5) is 0 Å². The van der Waals surface area contributed by atoms with Crippen LogP contribution in [0, 0.1) is 0 Å². The van der Waals surface area contributed by atoms with Gasteiger partial charge in [0.1, 0.15) is 0 Å². The molecule has 0 aliphatic rings. The molecule has 0 radical (unpaired) electrons. The zero-order chi connectivity index (χ0) is 18.3. The highest BCUT2D eigenvalue weighted by Gasteiger charge is 2.11. The minimum Gasteiger partial charge on any atom is -0.295 e. The molecule has 1 nitrogen and oxygen atoms in total. The highest BCUT2D eigenvalue weighted by atomic mass is 16.1. The molecule has 1 aromatic rings. The van der Waals surface area contributed by atoms with E-state index < -0.39 is 0 Å². The lowest BCUT2D eigenvalue weighted by Crippen LogP contribution is -2.00. The molecule has 0 saturated carbocycles. The van der Waals surface area contributed by atoms with E-state index in [1.165, 1.54) is 89.0 Å². The summed E-state index contributed by atoms with van der Waals surface area (Å²) in [5.41, 5.74) is 2.25. The first-order valence-corrected chi connectivity index (χ1v) is 10.8. The van der Waals surface area contributed by atoms with E-state index in [9.17, 15) is 4.79 Å². The van der Waals surface area contributed by atoms with Crippen LogP contribution in [0.15, 0.2) is 24.3 Å². The molecule has 0 spiro atoms. The monoisotopic (exact) mass is 344 g/mol. The molecule has 0 bridgehead atoms. The predicted molar refractivity (Wildman–Crippen MR) is 111 cm³/mol. The smallest absolute Gasteiger partial charge is 0.159 e. The van der Waals surface area contributed by atoms with Gasteiger partial charge >= 0.3 is 0 Å². The van der Waals surface area contributed by atoms with Crippen molar-refractivity contribution in [3.8, 4) is 0 Å². The Morgan fingerprint density at radius 3 is 1.72 bits per heavy atom. The minimum absolute atomic E-state index is 0.160. The van der Waals surface area contributed by atoms with Crippen LogP contribution in [-0.4, -0.2) is 5.78 Å². The fourth-order valence-corrected chi connectivity index (χ4v) is 3.69. The van der Waals surface area contributed by atoms with Crippen LogP contribution in [0.1, 0.15) is 126 Å². The minimum atomic E-state index is 0.160. The SMILES string of the molecule is CCCCCCCCCCCCC(CCC)c1ccc(C(C)=O)cc1. The molecule has 0 aromatic heterocycles. The second-order valence-corrected chi connectivity index (χ2v) is 7.63. The Balaban J connectivity index is 2.21. The maximum atomic E-state index is 11.4. The Labute approximate surface area is 156 Å². The van der Waals surface area contributed by atoms with Gasteiger partial charge in [0.15, 0.2) is 5.78 Å². The van der Waals surface area contributed by atoms with Gasteiger partial charge < -0.3 is 0 Å². The van der Waals surface area contributed by atoms with Gasteiger partial charge in [0.25, 0.3) is 0 Å². The standard InChI is InChI=1S/C24H40O/c1-4-6-7-8-9-10-11-12-13-14-16-23(15-5-2)24-19-17-22(18-20-24)21(3)25/h17-20,23H,4-16H2,1-3H3. The van der Waals surface area contributed by atoms with Crippen molar-refractivity contribution in [2.75, 3.05) is 0 Å². The molecule has 0 saturated heterocycles. The number of hydrogen-bond donors (Lipinski definition) is 0. The van der Waals surface area contributed by atoms with Gasteiger partial charge in [-0.25, -0.2) is 0 Å². The lowest BCUT2D eigenvalue weighted by Gasteiger charge is -2.17. The summed E-state index contributed by atoms with van der Waals surface area (Å²) in [6.07, 6.45) is 17.8. The second-order valence-electron chi connectivity index (χ2n) is 7.63. The Morgan fingerprint density at radius 2 is 1.24 bits per heavy atom. The molecular formula is C24H40O. The van der Waals surface area contributed by atoms with E-state index in [-0.39, 0.29) is 5.78 Å². The van der Waals surface area contributed by atoms with E-state index in [2.05, 4.69) is 26.0 Å². The quantitative estimate of drug-likeness (QED) is 0.232. The zero-order valence-corrected chi connectivity index (χ0v) is 17.0. The summed E-state index contributed by atoms with van der Waals surface area (Å²) >= 11 is 0. The first kappa shape index (κ1) is 21.9. The molecule has 0 amide bonds. The van der Waals surface area contributed by atoms with Gasteiger partial charge in [0, 0.05) is 5.56 Å². The fourth-order valence-electron chi connectivity index (χ4n) is 3.69. The Bertz CT molecular complexity index is 446. The van der Waals surface area contributed by atoms with Crippen LogP contribution < -0.4 is 0 Å². The molecule has 0 aliphatic heterocycles. The summed E-state index contributed by atoms with van der Waals surface area (Å²) in [5, 5.41) is 0. The van der Waals surface area contributed by atoms with E-state index in [1.54, 1.807) is 6.92 Å². The van der Waals surface area contributed by atoms with Crippen molar-refractivity contribution in [3.05, 3.63) is 35.4 Å². The summed E-state index contributed by atoms with van der Waals surface area (Å²) in [5.74, 6) is 0.827. The fraction of sp³-hybridized carbons (Fsp3) is 0.708. The van der Waals surface area contributed by atoms with E-state index in [1.807, 2.05) is 12.1 Å². The van der Waals surface area contributed by atoms with Gasteiger partial charge in [-0.2, -0.15) is 0 Å². The molecule has 0 N–H and O–H groups in total. The van der Waals surface area contributed by atoms with Crippen LogP contribution in [-0.2, 0) is 0 Å². The van der Waals surface area contributed by atoms with E-state index >= 15 is 0 Å². The average molecular weight is 345 g/mol. The lowest BCUT2D eigenvalue weighted by molar-refractivity contribution is 0.101. The van der Waals surface area contributed by atoms with Gasteiger partial charge in [0.05, 0.1) is 0 Å². The van der Waals surface area contributed by atoms with Gasteiger partial charge in [-0.1, -0.05) is 109 Å². The van der Waals surface area contributed by atoms with Crippen LogP contribution in [0.5, 0.6) is 0 Å². The third kappa shape index (κ3) is 9.82. The summed E-state index contributed by atoms with van der Waals surface area (Å²) in [4.78, 5) is 11.4. The average Bonchev–Trinajstić information content (AvgIpc) is 2.62. The number of rotatable bonds is 15. The normalized spacial score (nSPS) is 12.3. The third-order valence-electron chi connectivity index (χ3n) is 5.33. The van der Waals surface area contributed by atoms with E-state index in [0.717, 1.165) is 5.56 Å². The van der Waals surface area contributed by atoms with E-state index in [4.69, 9.17) is 0 Å². The van der Waals surface area contributed by atoms with Crippen molar-refractivity contribution in [3.63, 3.8) is 0 Å². The number of ketones is 1. The molecule has 1 heteroatoms. The van der Waals surface area contributed by atoms with Gasteiger partial charge in [-0.3, -0.25) is 4.79 Å². The highest BCUT2D eigenvalue weighted by molar-refractivity contribution is 5.94. The van der Waals surface area contributed by atoms with Crippen molar-refractivity contribution >= 4 is 5.78 Å². The highest BCUT2D eigenvalue weighted by Crippen LogP contribution is 2.28. The largest absolute Gasteiger partial charge is 0.295 e. The molecule has 0 heterocycles. The van der Waals surface area contributed by atoms with Gasteiger partial charge in [-0.15, -0.1) is 0 Å². The molecule has 1 rings (SSSR count). The molecule has 1 unspecified atom stereocenters. The summed E-state index contributed by atoms with van der Waals surface area (Å²) in [6.45, 7) is 6.20. The maximum absolute atomic E-state index is 11.4. The predicted octanol–water partition coefficient (Wildman–Crippen LogP) is 8.08. The summed E-state index contributed by atoms with van der Waals surface area (Å²) in [7, 11) is 0. The third-order valence-corrected chi connectivity index (χ3v) is 5.33.